The number of hydrogen-bond acceptors (Lipinski definition) is 7. The SMILES string of the molecule is COC1=C2CC(C=C1)C[C@@H]1[C@H]3C=C[C@H](OO)[C@@H](O2)[C@]3(O)C(=O)CN1C. The number of methoxy groups -OCH3 is 1. The van der Waals surface area contributed by atoms with Gasteiger partial charge in [0.2, 0.25) is 0 Å². The summed E-state index contributed by atoms with van der Waals surface area (Å²) in [5.74, 6) is 0.624. The van der Waals surface area contributed by atoms with Crippen LogP contribution in [0.25, 0.3) is 0 Å². The molecule has 1 unspecified atom stereocenters. The van der Waals surface area contributed by atoms with Crippen LogP contribution in [-0.2, 0) is 19.2 Å². The van der Waals surface area contributed by atoms with Gasteiger partial charge in [0.1, 0.15) is 5.76 Å². The highest BCUT2D eigenvalue weighted by Gasteiger charge is 2.61. The van der Waals surface area contributed by atoms with Crippen molar-refractivity contribution in [1.29, 1.82) is 0 Å². The van der Waals surface area contributed by atoms with E-state index in [2.05, 4.69) is 11.0 Å². The van der Waals surface area contributed by atoms with Crippen LogP contribution in [0.1, 0.15) is 12.8 Å². The molecule has 2 saturated heterocycles. The van der Waals surface area contributed by atoms with E-state index in [-0.39, 0.29) is 24.3 Å². The number of rotatable bonds is 2. The monoisotopic (exact) mass is 349 g/mol. The fraction of sp³-hybridized carbons (Fsp3) is 0.611. The number of likely N-dealkylation sites (tertiary alicyclic amines) is 1. The van der Waals surface area contributed by atoms with Crippen LogP contribution in [0.3, 0.4) is 0 Å². The van der Waals surface area contributed by atoms with Crippen molar-refractivity contribution in [1.82, 2.24) is 4.90 Å². The minimum atomic E-state index is -1.75. The quantitative estimate of drug-likeness (QED) is 0.434. The van der Waals surface area contributed by atoms with Crippen LogP contribution in [0.4, 0.5) is 0 Å². The van der Waals surface area contributed by atoms with E-state index in [1.807, 2.05) is 18.0 Å². The van der Waals surface area contributed by atoms with Gasteiger partial charge in [-0.15, -0.1) is 0 Å². The Labute approximate surface area is 146 Å². The van der Waals surface area contributed by atoms with Crippen molar-refractivity contribution < 1.29 is 29.5 Å². The third-order valence-electron chi connectivity index (χ3n) is 5.97. The summed E-state index contributed by atoms with van der Waals surface area (Å²) in [7, 11) is 3.46. The van der Waals surface area contributed by atoms with E-state index in [9.17, 15) is 15.2 Å². The van der Waals surface area contributed by atoms with E-state index in [0.29, 0.717) is 17.9 Å². The average molecular weight is 349 g/mol. The standard InChI is InChI=1S/C18H23NO6/c1-19-9-16(20)18(21)11-4-6-14(25-22)17(18)24-15-8-10(7-12(11)19)3-5-13(15)23-2/h3-6,10-12,14,17,21-22H,7-9H2,1-2H3/t10?,11-,12-,14+,17-,18-/m1/s1. The molecular weight excluding hydrogens is 326 g/mol. The van der Waals surface area contributed by atoms with Crippen molar-refractivity contribution >= 4 is 5.78 Å². The smallest absolute Gasteiger partial charge is 0.182 e. The molecule has 2 aliphatic heterocycles. The van der Waals surface area contributed by atoms with E-state index in [0.717, 1.165) is 6.42 Å². The minimum Gasteiger partial charge on any atom is -0.493 e. The maximum atomic E-state index is 12.8. The van der Waals surface area contributed by atoms with Gasteiger partial charge in [0.15, 0.2) is 29.4 Å². The van der Waals surface area contributed by atoms with Crippen LogP contribution in [0, 0.1) is 11.8 Å². The maximum absolute atomic E-state index is 12.8. The summed E-state index contributed by atoms with van der Waals surface area (Å²) in [6, 6.07) is -0.0113. The first-order valence-corrected chi connectivity index (χ1v) is 8.55. The number of Topliss-reactive ketones (excluding diaryl/α,β-unsaturated/α-hetero) is 1. The molecule has 7 heteroatoms. The molecule has 2 heterocycles. The molecule has 25 heavy (non-hydrogen) atoms. The summed E-state index contributed by atoms with van der Waals surface area (Å²) in [5, 5.41) is 20.8. The van der Waals surface area contributed by atoms with Gasteiger partial charge >= 0.3 is 0 Å². The number of carbonyl (C=O) groups excluding carboxylic acids is 1. The Balaban J connectivity index is 1.87. The summed E-state index contributed by atoms with van der Waals surface area (Å²) < 4.78 is 11.5. The van der Waals surface area contributed by atoms with Gasteiger partial charge in [0.05, 0.1) is 13.7 Å². The molecule has 136 valence electrons. The molecule has 2 N–H and O–H groups in total. The summed E-state index contributed by atoms with van der Waals surface area (Å²) in [6.07, 6.45) is 6.87. The third kappa shape index (κ3) is 2.38. The number of hydrogen-bond donors (Lipinski definition) is 2. The number of allylic oxidation sites excluding steroid dienone is 3. The third-order valence-corrected chi connectivity index (χ3v) is 5.97. The summed E-state index contributed by atoms with van der Waals surface area (Å²) in [5.41, 5.74) is -1.75. The molecule has 0 amide bonds. The topological polar surface area (TPSA) is 88.5 Å². The molecule has 0 aromatic carbocycles. The van der Waals surface area contributed by atoms with Crippen LogP contribution < -0.4 is 0 Å². The first-order chi connectivity index (χ1) is 12.0. The molecule has 0 saturated carbocycles. The second-order valence-electron chi connectivity index (χ2n) is 7.30. The van der Waals surface area contributed by atoms with Crippen LogP contribution >= 0.6 is 0 Å². The first-order valence-electron chi connectivity index (χ1n) is 8.55. The number of ketones is 1. The van der Waals surface area contributed by atoms with Crippen molar-refractivity contribution in [3.05, 3.63) is 35.8 Å². The zero-order chi connectivity index (χ0) is 17.8. The highest BCUT2D eigenvalue weighted by molar-refractivity contribution is 5.91. The van der Waals surface area contributed by atoms with E-state index < -0.39 is 23.7 Å². The lowest BCUT2D eigenvalue weighted by atomic mass is 9.66. The molecular formula is C18H23NO6. The molecule has 2 aliphatic carbocycles. The molecule has 4 rings (SSSR count). The van der Waals surface area contributed by atoms with Gasteiger partial charge in [0.25, 0.3) is 0 Å². The normalized spacial score (nSPS) is 43.2. The Morgan fingerprint density at radius 3 is 2.88 bits per heavy atom. The average Bonchev–Trinajstić information content (AvgIpc) is 2.61. The van der Waals surface area contributed by atoms with Gasteiger partial charge < -0.3 is 14.6 Å². The highest BCUT2D eigenvalue weighted by Crippen LogP contribution is 2.46. The van der Waals surface area contributed by atoms with Crippen LogP contribution in [0.15, 0.2) is 35.8 Å². The minimum absolute atomic E-state index is 0.0113. The number of aliphatic hydroxyl groups is 1. The van der Waals surface area contributed by atoms with Crippen molar-refractivity contribution in [3.8, 4) is 0 Å². The van der Waals surface area contributed by atoms with Gasteiger partial charge in [0, 0.05) is 18.4 Å². The molecule has 0 aromatic heterocycles. The van der Waals surface area contributed by atoms with Gasteiger partial charge in [-0.3, -0.25) is 15.0 Å². The number of nitrogens with zero attached hydrogens (tertiary/aromatic N) is 1. The van der Waals surface area contributed by atoms with Gasteiger partial charge in [-0.1, -0.05) is 18.2 Å². The van der Waals surface area contributed by atoms with Crippen LogP contribution in [-0.4, -0.2) is 65.6 Å². The zero-order valence-corrected chi connectivity index (χ0v) is 14.3. The number of likely N-dealkylation sites (N-methyl/N-ethyl adjacent to an activating group) is 1. The first kappa shape index (κ1) is 16.8. The van der Waals surface area contributed by atoms with E-state index >= 15 is 0 Å². The number of ether oxygens (including phenoxy) is 2. The second kappa shape index (κ2) is 5.95. The van der Waals surface area contributed by atoms with Crippen LogP contribution in [0.5, 0.6) is 0 Å². The van der Waals surface area contributed by atoms with Gasteiger partial charge in [-0.05, 0) is 25.5 Å². The van der Waals surface area contributed by atoms with E-state index in [1.165, 1.54) is 0 Å². The molecule has 6 atom stereocenters. The number of carbonyl (C=O) groups is 1. The van der Waals surface area contributed by atoms with E-state index in [1.54, 1.807) is 19.3 Å². The van der Waals surface area contributed by atoms with Gasteiger partial charge in [-0.2, -0.15) is 0 Å². The zero-order valence-electron chi connectivity index (χ0n) is 14.3. The van der Waals surface area contributed by atoms with E-state index in [4.69, 9.17) is 9.47 Å². The lowest BCUT2D eigenvalue weighted by Gasteiger charge is -2.51. The van der Waals surface area contributed by atoms with Crippen molar-refractivity contribution in [2.24, 2.45) is 11.8 Å². The molecule has 0 radical (unpaired) electrons. The molecule has 0 aromatic rings. The Hall–Kier alpha value is -1.67. The lowest BCUT2D eigenvalue weighted by Crippen LogP contribution is -2.70. The molecule has 4 aliphatic rings. The van der Waals surface area contributed by atoms with Crippen molar-refractivity contribution in [2.45, 2.75) is 36.7 Å². The maximum Gasteiger partial charge on any atom is 0.182 e. The Morgan fingerprint density at radius 2 is 2.16 bits per heavy atom. The number of fused-ring (bicyclic) bond motifs is 2. The molecule has 0 spiro atoms. The van der Waals surface area contributed by atoms with Crippen LogP contribution in [0.2, 0.25) is 0 Å². The Kier molecular flexibility index (Phi) is 3.99. The highest BCUT2D eigenvalue weighted by atomic mass is 17.1. The summed E-state index contributed by atoms with van der Waals surface area (Å²) in [6.45, 7) is 0.135. The van der Waals surface area contributed by atoms with Gasteiger partial charge in [-0.25, -0.2) is 4.89 Å². The largest absolute Gasteiger partial charge is 0.493 e. The molecule has 6 bridgehead atoms. The molecule has 7 nitrogen and oxygen atoms in total. The lowest BCUT2D eigenvalue weighted by molar-refractivity contribution is -0.304. The molecule has 2 fully saturated rings. The predicted octanol–water partition coefficient (Wildman–Crippen LogP) is 0.868. The summed E-state index contributed by atoms with van der Waals surface area (Å²) >= 11 is 0. The Bertz CT molecular complexity index is 670. The summed E-state index contributed by atoms with van der Waals surface area (Å²) in [4.78, 5) is 19.4. The Morgan fingerprint density at radius 1 is 1.36 bits per heavy atom. The van der Waals surface area contributed by atoms with Crippen molar-refractivity contribution in [3.63, 3.8) is 0 Å². The number of piperidine rings is 1. The second-order valence-corrected chi connectivity index (χ2v) is 7.30. The fourth-order valence-electron chi connectivity index (χ4n) is 4.64. The van der Waals surface area contributed by atoms with Crippen molar-refractivity contribution in [2.75, 3.05) is 20.7 Å². The predicted molar refractivity (Wildman–Crippen MR) is 87.3 cm³/mol. The fourth-order valence-corrected chi connectivity index (χ4v) is 4.64.